The number of nitrogens with zero attached hydrogens (tertiary/aromatic N) is 2. The van der Waals surface area contributed by atoms with Gasteiger partial charge < -0.3 is 15.4 Å². The van der Waals surface area contributed by atoms with Gasteiger partial charge >= 0.3 is 0 Å². The molecule has 3 atom stereocenters. The Labute approximate surface area is 127 Å². The van der Waals surface area contributed by atoms with Gasteiger partial charge in [0.1, 0.15) is 0 Å². The van der Waals surface area contributed by atoms with Crippen molar-refractivity contribution in [2.24, 2.45) is 17.6 Å². The zero-order valence-electron chi connectivity index (χ0n) is 13.0. The van der Waals surface area contributed by atoms with E-state index < -0.39 is 0 Å². The summed E-state index contributed by atoms with van der Waals surface area (Å²) in [5, 5.41) is 0. The number of amides is 1. The molecular formula is C16H29N3O2. The molecule has 0 aromatic heterocycles. The summed E-state index contributed by atoms with van der Waals surface area (Å²) in [5.41, 5.74) is 6.02. The third kappa shape index (κ3) is 3.96. The van der Waals surface area contributed by atoms with Gasteiger partial charge in [0.05, 0.1) is 13.2 Å². The molecule has 3 unspecified atom stereocenters. The van der Waals surface area contributed by atoms with Gasteiger partial charge in [0, 0.05) is 44.7 Å². The number of rotatable bonds is 3. The lowest BCUT2D eigenvalue weighted by Crippen LogP contribution is -2.41. The quantitative estimate of drug-likeness (QED) is 0.832. The van der Waals surface area contributed by atoms with E-state index in [-0.39, 0.29) is 12.0 Å². The van der Waals surface area contributed by atoms with Crippen LogP contribution in [-0.4, -0.2) is 67.7 Å². The summed E-state index contributed by atoms with van der Waals surface area (Å²) in [6.07, 6.45) is 5.29. The summed E-state index contributed by atoms with van der Waals surface area (Å²) in [5.74, 6) is 1.20. The summed E-state index contributed by atoms with van der Waals surface area (Å²) >= 11 is 0. The van der Waals surface area contributed by atoms with Gasteiger partial charge in [-0.05, 0) is 31.6 Å². The maximum atomic E-state index is 12.6. The van der Waals surface area contributed by atoms with E-state index in [2.05, 4.69) is 9.80 Å². The lowest BCUT2D eigenvalue weighted by atomic mass is 9.85. The van der Waals surface area contributed by atoms with Crippen LogP contribution in [0.4, 0.5) is 0 Å². The van der Waals surface area contributed by atoms with Gasteiger partial charge in [-0.25, -0.2) is 0 Å². The second-order valence-corrected chi connectivity index (χ2v) is 6.98. The topological polar surface area (TPSA) is 58.8 Å². The highest BCUT2D eigenvalue weighted by molar-refractivity contribution is 5.79. The fraction of sp³-hybridized carbons (Fsp3) is 0.938. The van der Waals surface area contributed by atoms with Gasteiger partial charge in [-0.2, -0.15) is 0 Å². The summed E-state index contributed by atoms with van der Waals surface area (Å²) in [4.78, 5) is 17.2. The maximum Gasteiger partial charge on any atom is 0.225 e. The molecule has 1 aliphatic carbocycles. The zero-order chi connectivity index (χ0) is 14.7. The Bertz CT molecular complexity index is 357. The Balaban J connectivity index is 1.46. The first-order valence-electron chi connectivity index (χ1n) is 8.57. The van der Waals surface area contributed by atoms with Crippen LogP contribution in [0.15, 0.2) is 0 Å². The molecule has 120 valence electrons. The van der Waals surface area contributed by atoms with Crippen molar-refractivity contribution in [2.75, 3.05) is 45.9 Å². The first-order valence-corrected chi connectivity index (χ1v) is 8.57. The predicted octanol–water partition coefficient (Wildman–Crippen LogP) is 0.685. The van der Waals surface area contributed by atoms with Crippen molar-refractivity contribution in [1.82, 2.24) is 9.80 Å². The molecule has 1 amide bonds. The number of carbonyl (C=O) groups excluding carboxylic acids is 1. The molecule has 0 radical (unpaired) electrons. The first-order chi connectivity index (χ1) is 10.2. The molecule has 2 aliphatic heterocycles. The normalized spacial score (nSPS) is 35.1. The molecule has 5 heteroatoms. The minimum Gasteiger partial charge on any atom is -0.379 e. The standard InChI is InChI=1S/C16H29N3O2/c17-15-3-1-2-14(10-15)16(20)19-5-4-13(12-19)11-18-6-8-21-9-7-18/h13-15H,1-12,17H2. The van der Waals surface area contributed by atoms with Crippen LogP contribution in [0.5, 0.6) is 0 Å². The number of nitrogens with two attached hydrogens (primary N) is 1. The Morgan fingerprint density at radius 2 is 1.95 bits per heavy atom. The van der Waals surface area contributed by atoms with Crippen LogP contribution in [0.3, 0.4) is 0 Å². The van der Waals surface area contributed by atoms with Crippen molar-refractivity contribution in [2.45, 2.75) is 38.1 Å². The van der Waals surface area contributed by atoms with E-state index in [1.165, 1.54) is 0 Å². The van der Waals surface area contributed by atoms with Crippen LogP contribution >= 0.6 is 0 Å². The summed E-state index contributed by atoms with van der Waals surface area (Å²) in [6.45, 7) is 6.81. The molecular weight excluding hydrogens is 266 g/mol. The summed E-state index contributed by atoms with van der Waals surface area (Å²) < 4.78 is 5.39. The molecule has 2 N–H and O–H groups in total. The molecule has 5 nitrogen and oxygen atoms in total. The van der Waals surface area contributed by atoms with Crippen LogP contribution in [0.1, 0.15) is 32.1 Å². The first kappa shape index (κ1) is 15.3. The van der Waals surface area contributed by atoms with E-state index in [1.807, 2.05) is 0 Å². The second kappa shape index (κ2) is 7.07. The molecule has 1 saturated carbocycles. The van der Waals surface area contributed by atoms with Crippen molar-refractivity contribution in [3.63, 3.8) is 0 Å². The van der Waals surface area contributed by atoms with Crippen molar-refractivity contribution < 1.29 is 9.53 Å². The molecule has 0 spiro atoms. The molecule has 0 bridgehead atoms. The van der Waals surface area contributed by atoms with E-state index in [0.29, 0.717) is 11.8 Å². The molecule has 21 heavy (non-hydrogen) atoms. The fourth-order valence-electron chi connectivity index (χ4n) is 4.04. The highest BCUT2D eigenvalue weighted by atomic mass is 16.5. The van der Waals surface area contributed by atoms with E-state index in [4.69, 9.17) is 10.5 Å². The monoisotopic (exact) mass is 295 g/mol. The molecule has 3 aliphatic rings. The second-order valence-electron chi connectivity index (χ2n) is 6.98. The van der Waals surface area contributed by atoms with E-state index >= 15 is 0 Å². The minimum absolute atomic E-state index is 0.191. The third-order valence-electron chi connectivity index (χ3n) is 5.28. The average molecular weight is 295 g/mol. The molecule has 3 rings (SSSR count). The number of morpholine rings is 1. The molecule has 0 aromatic rings. The van der Waals surface area contributed by atoms with Crippen LogP contribution in [0, 0.1) is 11.8 Å². The number of ether oxygens (including phenoxy) is 1. The van der Waals surface area contributed by atoms with Crippen molar-refractivity contribution in [3.8, 4) is 0 Å². The average Bonchev–Trinajstić information content (AvgIpc) is 2.96. The van der Waals surface area contributed by atoms with Crippen molar-refractivity contribution in [3.05, 3.63) is 0 Å². The van der Waals surface area contributed by atoms with Gasteiger partial charge in [-0.3, -0.25) is 9.69 Å². The summed E-state index contributed by atoms with van der Waals surface area (Å²) in [7, 11) is 0. The highest BCUT2D eigenvalue weighted by Crippen LogP contribution is 2.27. The van der Waals surface area contributed by atoms with E-state index in [9.17, 15) is 4.79 Å². The van der Waals surface area contributed by atoms with Gasteiger partial charge in [0.15, 0.2) is 0 Å². The Kier molecular flexibility index (Phi) is 5.14. The largest absolute Gasteiger partial charge is 0.379 e. The number of carbonyl (C=O) groups is 1. The van der Waals surface area contributed by atoms with Crippen LogP contribution < -0.4 is 5.73 Å². The maximum absolute atomic E-state index is 12.6. The molecule has 2 heterocycles. The van der Waals surface area contributed by atoms with E-state index in [0.717, 1.165) is 78.0 Å². The Morgan fingerprint density at radius 3 is 2.71 bits per heavy atom. The highest BCUT2D eigenvalue weighted by Gasteiger charge is 2.33. The molecule has 2 saturated heterocycles. The molecule has 3 fully saturated rings. The van der Waals surface area contributed by atoms with Crippen molar-refractivity contribution in [1.29, 1.82) is 0 Å². The van der Waals surface area contributed by atoms with Gasteiger partial charge in [-0.15, -0.1) is 0 Å². The summed E-state index contributed by atoms with van der Waals surface area (Å²) in [6, 6.07) is 0.236. The van der Waals surface area contributed by atoms with Gasteiger partial charge in [0.25, 0.3) is 0 Å². The SMILES string of the molecule is NC1CCCC(C(=O)N2CCC(CN3CCOCC3)C2)C1. The Hall–Kier alpha value is -0.650. The van der Waals surface area contributed by atoms with E-state index in [1.54, 1.807) is 0 Å². The van der Waals surface area contributed by atoms with Crippen LogP contribution in [-0.2, 0) is 9.53 Å². The smallest absolute Gasteiger partial charge is 0.225 e. The lowest BCUT2D eigenvalue weighted by molar-refractivity contribution is -0.135. The minimum atomic E-state index is 0.191. The number of likely N-dealkylation sites (tertiary alicyclic amines) is 1. The van der Waals surface area contributed by atoms with Gasteiger partial charge in [-0.1, -0.05) is 6.42 Å². The third-order valence-corrected chi connectivity index (χ3v) is 5.28. The fourth-order valence-corrected chi connectivity index (χ4v) is 4.04. The number of hydrogen-bond acceptors (Lipinski definition) is 4. The van der Waals surface area contributed by atoms with Gasteiger partial charge in [0.2, 0.25) is 5.91 Å². The van der Waals surface area contributed by atoms with Crippen LogP contribution in [0.25, 0.3) is 0 Å². The van der Waals surface area contributed by atoms with Crippen LogP contribution in [0.2, 0.25) is 0 Å². The lowest BCUT2D eigenvalue weighted by Gasteiger charge is -2.30. The van der Waals surface area contributed by atoms with Crippen molar-refractivity contribution >= 4 is 5.91 Å². The molecule has 0 aromatic carbocycles. The zero-order valence-corrected chi connectivity index (χ0v) is 13.0. The predicted molar refractivity (Wildman–Crippen MR) is 81.9 cm³/mol. The Morgan fingerprint density at radius 1 is 1.14 bits per heavy atom. The number of hydrogen-bond donors (Lipinski definition) is 1.